The van der Waals surface area contributed by atoms with Gasteiger partial charge in [0.05, 0.1) is 12.2 Å². The van der Waals surface area contributed by atoms with Gasteiger partial charge in [-0.05, 0) is 90.5 Å². The Labute approximate surface area is 249 Å². The van der Waals surface area contributed by atoms with Crippen LogP contribution in [-0.2, 0) is 23.0 Å². The Hall–Kier alpha value is -3.99. The SMILES string of the molecule is Cc1nc2c(cc(-c3nnc(N4CCC[C@@H]4C)o3)n2C)c(-c2cc(F)c3c(c2C)CCCO3)c1[C@H](OC(C)(C)C)C(=O)O. The van der Waals surface area contributed by atoms with Crippen molar-refractivity contribution in [3.8, 4) is 28.5 Å². The molecule has 4 aromatic rings. The highest BCUT2D eigenvalue weighted by molar-refractivity contribution is 6.01. The molecule has 1 fully saturated rings. The van der Waals surface area contributed by atoms with E-state index < -0.39 is 23.5 Å². The predicted octanol–water partition coefficient (Wildman–Crippen LogP) is 6.30. The van der Waals surface area contributed by atoms with Gasteiger partial charge in [-0.1, -0.05) is 5.10 Å². The van der Waals surface area contributed by atoms with Crippen molar-refractivity contribution >= 4 is 23.0 Å². The molecule has 0 unspecified atom stereocenters. The van der Waals surface area contributed by atoms with Crippen LogP contribution in [0.25, 0.3) is 33.7 Å². The summed E-state index contributed by atoms with van der Waals surface area (Å²) < 4.78 is 35.5. The summed E-state index contributed by atoms with van der Waals surface area (Å²) >= 11 is 0. The zero-order valence-electron chi connectivity index (χ0n) is 25.7. The van der Waals surface area contributed by atoms with Gasteiger partial charge in [0.1, 0.15) is 11.3 Å². The van der Waals surface area contributed by atoms with E-state index in [-0.39, 0.29) is 5.75 Å². The summed E-state index contributed by atoms with van der Waals surface area (Å²) in [4.78, 5) is 19.8. The number of hydrogen-bond acceptors (Lipinski definition) is 8. The molecule has 1 aromatic carbocycles. The summed E-state index contributed by atoms with van der Waals surface area (Å²) in [6.07, 6.45) is 2.20. The average Bonchev–Trinajstić information content (AvgIpc) is 3.67. The van der Waals surface area contributed by atoms with Crippen molar-refractivity contribution in [1.82, 2.24) is 19.7 Å². The van der Waals surface area contributed by atoms with Crippen molar-refractivity contribution < 1.29 is 28.2 Å². The second-order valence-electron chi connectivity index (χ2n) is 12.6. The number of pyridine rings is 1. The van der Waals surface area contributed by atoms with Gasteiger partial charge in [-0.2, -0.15) is 0 Å². The van der Waals surface area contributed by atoms with Crippen LogP contribution >= 0.6 is 0 Å². The van der Waals surface area contributed by atoms with Crippen molar-refractivity contribution in [1.29, 1.82) is 0 Å². The number of rotatable bonds is 6. The first-order valence-electron chi connectivity index (χ1n) is 14.8. The highest BCUT2D eigenvalue weighted by Gasteiger charge is 2.35. The van der Waals surface area contributed by atoms with Gasteiger partial charge in [-0.15, -0.1) is 5.10 Å². The molecule has 2 aliphatic heterocycles. The maximum Gasteiger partial charge on any atom is 0.337 e. The zero-order chi connectivity index (χ0) is 30.8. The van der Waals surface area contributed by atoms with Gasteiger partial charge >= 0.3 is 12.0 Å². The van der Waals surface area contributed by atoms with E-state index in [2.05, 4.69) is 22.0 Å². The number of aliphatic carboxylic acids is 1. The molecule has 1 saturated heterocycles. The lowest BCUT2D eigenvalue weighted by atomic mass is 9.86. The standard InChI is InChI=1S/C32H38FN5O5/c1-16-10-8-12-38(16)31-36-35-29(42-31)23-15-21-25(20-14-22(33)26-19(17(20)2)11-9-13-41-26)24(18(3)34-28(21)37(23)7)27(30(39)40)43-32(4,5)6/h14-16,27H,8-13H2,1-7H3,(H,39,40)/t16-,27-/m0/s1. The van der Waals surface area contributed by atoms with Gasteiger partial charge < -0.3 is 28.5 Å². The van der Waals surface area contributed by atoms with Gasteiger partial charge in [0.15, 0.2) is 17.7 Å². The van der Waals surface area contributed by atoms with Crippen LogP contribution in [0.1, 0.15) is 75.4 Å². The van der Waals surface area contributed by atoms with E-state index >= 15 is 4.39 Å². The normalized spacial score (nSPS) is 17.8. The van der Waals surface area contributed by atoms with E-state index in [9.17, 15) is 9.90 Å². The van der Waals surface area contributed by atoms with Crippen LogP contribution in [0.4, 0.5) is 10.4 Å². The van der Waals surface area contributed by atoms with Crippen molar-refractivity contribution in [3.05, 3.63) is 40.3 Å². The third kappa shape index (κ3) is 5.03. The molecule has 11 heteroatoms. The minimum Gasteiger partial charge on any atom is -0.490 e. The van der Waals surface area contributed by atoms with Gasteiger partial charge in [0.2, 0.25) is 0 Å². The summed E-state index contributed by atoms with van der Waals surface area (Å²) in [5, 5.41) is 19.8. The molecule has 2 aliphatic rings. The minimum absolute atomic E-state index is 0.264. The number of carboxylic acid groups (broad SMARTS) is 1. The monoisotopic (exact) mass is 591 g/mol. The van der Waals surface area contributed by atoms with Gasteiger partial charge in [-0.3, -0.25) is 0 Å². The summed E-state index contributed by atoms with van der Waals surface area (Å²) in [7, 11) is 1.85. The van der Waals surface area contributed by atoms with Crippen molar-refractivity contribution in [2.24, 2.45) is 7.05 Å². The molecule has 0 radical (unpaired) electrons. The van der Waals surface area contributed by atoms with Gasteiger partial charge in [0, 0.05) is 47.4 Å². The van der Waals surface area contributed by atoms with Crippen molar-refractivity contribution in [2.75, 3.05) is 18.1 Å². The maximum atomic E-state index is 15.7. The Balaban J connectivity index is 1.63. The first-order valence-corrected chi connectivity index (χ1v) is 14.8. The van der Waals surface area contributed by atoms with Crippen LogP contribution in [-0.4, -0.2) is 55.6 Å². The Kier molecular flexibility index (Phi) is 7.19. The maximum absolute atomic E-state index is 15.7. The molecular weight excluding hydrogens is 553 g/mol. The molecule has 3 aromatic heterocycles. The zero-order valence-corrected chi connectivity index (χ0v) is 25.7. The number of hydrogen-bond donors (Lipinski definition) is 1. The van der Waals surface area contributed by atoms with Gasteiger partial charge in [-0.25, -0.2) is 14.2 Å². The second-order valence-corrected chi connectivity index (χ2v) is 12.6. The Morgan fingerprint density at radius 2 is 1.98 bits per heavy atom. The van der Waals surface area contributed by atoms with E-state index in [4.69, 9.17) is 18.9 Å². The highest BCUT2D eigenvalue weighted by atomic mass is 19.1. The van der Waals surface area contributed by atoms with Crippen LogP contribution in [0.2, 0.25) is 0 Å². The van der Waals surface area contributed by atoms with E-state index in [0.717, 1.165) is 36.9 Å². The molecule has 0 saturated carbocycles. The number of halogens is 1. The van der Waals surface area contributed by atoms with E-state index in [1.54, 1.807) is 27.7 Å². The fourth-order valence-corrected chi connectivity index (χ4v) is 6.43. The molecule has 1 N–H and O–H groups in total. The number of carboxylic acids is 1. The molecule has 6 rings (SSSR count). The number of aryl methyl sites for hydroxylation is 2. The summed E-state index contributed by atoms with van der Waals surface area (Å²) in [6, 6.07) is 4.09. The molecule has 0 aliphatic carbocycles. The van der Waals surface area contributed by atoms with Crippen molar-refractivity contribution in [2.45, 2.75) is 85.0 Å². The fraction of sp³-hybridized carbons (Fsp3) is 0.500. The molecule has 5 heterocycles. The number of aromatic nitrogens is 4. The Morgan fingerprint density at radius 1 is 1.21 bits per heavy atom. The topological polar surface area (TPSA) is 116 Å². The third-order valence-electron chi connectivity index (χ3n) is 8.50. The Morgan fingerprint density at radius 3 is 2.65 bits per heavy atom. The predicted molar refractivity (Wildman–Crippen MR) is 160 cm³/mol. The van der Waals surface area contributed by atoms with Crippen LogP contribution in [0.15, 0.2) is 16.5 Å². The Bertz CT molecular complexity index is 1740. The number of ether oxygens (including phenoxy) is 2. The number of benzene rings is 1. The van der Waals surface area contributed by atoms with E-state index in [1.165, 1.54) is 6.07 Å². The van der Waals surface area contributed by atoms with E-state index in [0.29, 0.717) is 70.1 Å². The summed E-state index contributed by atoms with van der Waals surface area (Å²) in [5.41, 5.74) is 4.02. The summed E-state index contributed by atoms with van der Waals surface area (Å²) in [6.45, 7) is 12.6. The molecule has 0 amide bonds. The summed E-state index contributed by atoms with van der Waals surface area (Å²) in [5.74, 6) is -1.05. The smallest absolute Gasteiger partial charge is 0.337 e. The first kappa shape index (κ1) is 29.1. The molecule has 43 heavy (non-hydrogen) atoms. The lowest BCUT2D eigenvalue weighted by Crippen LogP contribution is -2.28. The first-order chi connectivity index (χ1) is 20.4. The van der Waals surface area contributed by atoms with Gasteiger partial charge in [0.25, 0.3) is 5.89 Å². The quantitative estimate of drug-likeness (QED) is 0.276. The molecule has 10 nitrogen and oxygen atoms in total. The van der Waals surface area contributed by atoms with Crippen LogP contribution in [0.5, 0.6) is 5.75 Å². The highest BCUT2D eigenvalue weighted by Crippen LogP contribution is 2.45. The minimum atomic E-state index is -1.35. The second kappa shape index (κ2) is 10.6. The molecule has 0 bridgehead atoms. The number of anilines is 1. The number of fused-ring (bicyclic) bond motifs is 2. The molecule has 2 atom stereocenters. The van der Waals surface area contributed by atoms with Crippen LogP contribution in [0.3, 0.4) is 0 Å². The lowest BCUT2D eigenvalue weighted by Gasteiger charge is -2.29. The lowest BCUT2D eigenvalue weighted by molar-refractivity contribution is -0.160. The average molecular weight is 592 g/mol. The van der Waals surface area contributed by atoms with Crippen molar-refractivity contribution in [3.63, 3.8) is 0 Å². The largest absolute Gasteiger partial charge is 0.490 e. The fourth-order valence-electron chi connectivity index (χ4n) is 6.43. The molecular formula is C32H38FN5O5. The van der Waals surface area contributed by atoms with Crippen LogP contribution < -0.4 is 9.64 Å². The number of nitrogens with zero attached hydrogens (tertiary/aromatic N) is 5. The van der Waals surface area contributed by atoms with E-state index in [1.807, 2.05) is 24.6 Å². The molecule has 228 valence electrons. The van der Waals surface area contributed by atoms with Crippen LogP contribution in [0, 0.1) is 19.7 Å². The number of carbonyl (C=O) groups is 1. The third-order valence-corrected chi connectivity index (χ3v) is 8.50. The molecule has 0 spiro atoms.